The lowest BCUT2D eigenvalue weighted by Gasteiger charge is -2.38. The summed E-state index contributed by atoms with van der Waals surface area (Å²) in [5.74, 6) is -6.54. The number of ether oxygens (including phenoxy) is 3. The Morgan fingerprint density at radius 1 is 1.12 bits per heavy atom. The van der Waals surface area contributed by atoms with Gasteiger partial charge in [-0.25, -0.2) is 0 Å². The maximum absolute atomic E-state index is 13.6. The van der Waals surface area contributed by atoms with Crippen LogP contribution in [0.5, 0.6) is 0 Å². The monoisotopic (exact) mass is 498 g/mol. The number of fused-ring (bicyclic) bond motifs is 1. The molecule has 0 aromatic heterocycles. The molecule has 0 aromatic rings. The predicted octanol–water partition coefficient (Wildman–Crippen LogP) is 1.16. The van der Waals surface area contributed by atoms with Crippen molar-refractivity contribution in [1.82, 2.24) is 0 Å². The van der Waals surface area contributed by atoms with Crippen molar-refractivity contribution in [3.05, 3.63) is 0 Å². The number of carbonyl (C=O) groups excluding carboxylic acids is 3. The van der Waals surface area contributed by atoms with Gasteiger partial charge < -0.3 is 19.3 Å². The lowest BCUT2D eigenvalue weighted by Crippen LogP contribution is -2.49. The van der Waals surface area contributed by atoms with Crippen molar-refractivity contribution in [1.29, 1.82) is 0 Å². The van der Waals surface area contributed by atoms with Crippen molar-refractivity contribution < 1.29 is 55.5 Å². The van der Waals surface area contributed by atoms with E-state index in [-0.39, 0.29) is 11.8 Å². The molecule has 13 heteroatoms. The molecule has 9 unspecified atom stereocenters. The topological polar surface area (TPSA) is 154 Å². The third kappa shape index (κ3) is 4.23. The van der Waals surface area contributed by atoms with Crippen LogP contribution in [0, 0.1) is 35.5 Å². The lowest BCUT2D eigenvalue weighted by atomic mass is 9.71. The molecule has 1 heterocycles. The van der Waals surface area contributed by atoms with Crippen LogP contribution in [-0.4, -0.2) is 65.2 Å². The van der Waals surface area contributed by atoms with Gasteiger partial charge in [-0.1, -0.05) is 13.8 Å². The molecule has 188 valence electrons. The van der Waals surface area contributed by atoms with Crippen LogP contribution in [0.25, 0.3) is 0 Å². The molecule has 10 nitrogen and oxygen atoms in total. The van der Waals surface area contributed by atoms with Crippen LogP contribution < -0.4 is 0 Å². The highest BCUT2D eigenvalue weighted by molar-refractivity contribution is 7.86. The second-order valence-corrected chi connectivity index (χ2v) is 11.3. The number of hydrogen-bond acceptors (Lipinski definition) is 9. The average molecular weight is 498 g/mol. The number of aliphatic hydroxyl groups is 1. The zero-order valence-electron chi connectivity index (χ0n) is 18.7. The zero-order chi connectivity index (χ0) is 25.3. The van der Waals surface area contributed by atoms with Gasteiger partial charge in [-0.05, 0) is 27.2 Å². The fourth-order valence-corrected chi connectivity index (χ4v) is 5.79. The standard InChI is InChI=1S/C20H28F2O10S/c1-7(16(23)30-9(3)20(21,22)33(27,28)29)8(2)17(24)31-15-11-6-10-12(13(11)19(4,5)26)18(25)32-14(10)15/h7-15,26H,6H2,1-5H3,(H,27,28,29). The first kappa shape index (κ1) is 25.8. The third-order valence-corrected chi connectivity index (χ3v) is 8.24. The molecule has 3 rings (SSSR count). The van der Waals surface area contributed by atoms with Gasteiger partial charge in [0.05, 0.1) is 23.4 Å². The fraction of sp³-hybridized carbons (Fsp3) is 0.850. The third-order valence-electron chi connectivity index (χ3n) is 7.22. The summed E-state index contributed by atoms with van der Waals surface area (Å²) in [6.07, 6.45) is -3.45. The Morgan fingerprint density at radius 2 is 1.67 bits per heavy atom. The van der Waals surface area contributed by atoms with Crippen LogP contribution in [0.15, 0.2) is 0 Å². The maximum atomic E-state index is 13.6. The van der Waals surface area contributed by atoms with Crippen LogP contribution in [0.1, 0.15) is 41.0 Å². The summed E-state index contributed by atoms with van der Waals surface area (Å²) in [6.45, 7) is 6.27. The van der Waals surface area contributed by atoms with E-state index in [2.05, 4.69) is 4.74 Å². The molecular weight excluding hydrogens is 470 g/mol. The number of hydrogen-bond donors (Lipinski definition) is 2. The van der Waals surface area contributed by atoms with E-state index in [0.29, 0.717) is 13.3 Å². The lowest BCUT2D eigenvalue weighted by molar-refractivity contribution is -0.176. The van der Waals surface area contributed by atoms with E-state index in [0.717, 1.165) is 0 Å². The minimum absolute atomic E-state index is 0.196. The molecule has 0 spiro atoms. The van der Waals surface area contributed by atoms with Crippen molar-refractivity contribution in [2.24, 2.45) is 35.5 Å². The van der Waals surface area contributed by atoms with E-state index in [1.807, 2.05) is 0 Å². The van der Waals surface area contributed by atoms with Crippen LogP contribution in [0.3, 0.4) is 0 Å². The first-order valence-electron chi connectivity index (χ1n) is 10.6. The Kier molecular flexibility index (Phi) is 6.34. The van der Waals surface area contributed by atoms with Gasteiger partial charge in [0.25, 0.3) is 0 Å². The Balaban J connectivity index is 1.67. The number of alkyl halides is 2. The van der Waals surface area contributed by atoms with Crippen molar-refractivity contribution in [2.75, 3.05) is 0 Å². The second-order valence-electron chi connectivity index (χ2n) is 9.76. The maximum Gasteiger partial charge on any atom is 0.405 e. The van der Waals surface area contributed by atoms with Gasteiger partial charge in [-0.15, -0.1) is 0 Å². The normalized spacial score (nSPS) is 33.9. The Labute approximate surface area is 189 Å². The van der Waals surface area contributed by atoms with E-state index < -0.39 is 80.9 Å². The summed E-state index contributed by atoms with van der Waals surface area (Å²) >= 11 is 0. The molecule has 3 aliphatic rings. The molecule has 2 saturated carbocycles. The van der Waals surface area contributed by atoms with Gasteiger partial charge >= 0.3 is 33.3 Å². The summed E-state index contributed by atoms with van der Waals surface area (Å²) in [4.78, 5) is 37.3. The largest absolute Gasteiger partial charge is 0.458 e. The number of carbonyl (C=O) groups is 3. The summed E-state index contributed by atoms with van der Waals surface area (Å²) in [7, 11) is -5.82. The van der Waals surface area contributed by atoms with Crippen LogP contribution in [0.2, 0.25) is 0 Å². The minimum atomic E-state index is -5.82. The van der Waals surface area contributed by atoms with E-state index >= 15 is 0 Å². The summed E-state index contributed by atoms with van der Waals surface area (Å²) < 4.78 is 73.0. The van der Waals surface area contributed by atoms with E-state index in [4.69, 9.17) is 14.0 Å². The van der Waals surface area contributed by atoms with Gasteiger partial charge in [-0.2, -0.15) is 17.2 Å². The molecule has 2 aliphatic carbocycles. The fourth-order valence-electron chi connectivity index (χ4n) is 5.32. The Bertz CT molecular complexity index is 943. The predicted molar refractivity (Wildman–Crippen MR) is 105 cm³/mol. The van der Waals surface area contributed by atoms with E-state index in [1.54, 1.807) is 13.8 Å². The van der Waals surface area contributed by atoms with Crippen LogP contribution >= 0.6 is 0 Å². The zero-order valence-corrected chi connectivity index (χ0v) is 19.5. The molecule has 1 saturated heterocycles. The first-order valence-corrected chi connectivity index (χ1v) is 12.0. The van der Waals surface area contributed by atoms with Crippen LogP contribution in [-0.2, 0) is 38.7 Å². The molecule has 0 aromatic carbocycles. The van der Waals surface area contributed by atoms with Gasteiger partial charge in [0.2, 0.25) is 0 Å². The number of rotatable bonds is 8. The number of esters is 3. The summed E-state index contributed by atoms with van der Waals surface area (Å²) in [6, 6.07) is 0. The summed E-state index contributed by atoms with van der Waals surface area (Å²) in [5, 5.41) is 5.84. The quantitative estimate of drug-likeness (QED) is 0.283. The first-order chi connectivity index (χ1) is 14.9. The molecule has 0 amide bonds. The Morgan fingerprint density at radius 3 is 2.18 bits per heavy atom. The molecule has 2 bridgehead atoms. The highest BCUT2D eigenvalue weighted by Gasteiger charge is 2.70. The van der Waals surface area contributed by atoms with Gasteiger partial charge in [0.1, 0.15) is 12.2 Å². The molecule has 0 radical (unpaired) electrons. The van der Waals surface area contributed by atoms with Crippen molar-refractivity contribution in [2.45, 2.75) is 70.2 Å². The summed E-state index contributed by atoms with van der Waals surface area (Å²) in [5.41, 5.74) is -1.22. The smallest absolute Gasteiger partial charge is 0.405 e. The van der Waals surface area contributed by atoms with Gasteiger partial charge in [-0.3, -0.25) is 18.9 Å². The van der Waals surface area contributed by atoms with Crippen molar-refractivity contribution >= 4 is 28.0 Å². The molecule has 9 atom stereocenters. The molecule has 1 aliphatic heterocycles. The number of halogens is 2. The highest BCUT2D eigenvalue weighted by atomic mass is 32.2. The van der Waals surface area contributed by atoms with Gasteiger partial charge in [0.15, 0.2) is 6.10 Å². The SMILES string of the molecule is CC(C(=O)OC1C2CC3C1OC(=O)C3C2C(C)(C)O)C(C)C(=O)OC(C)C(F)(F)S(=O)(=O)O. The Hall–Kier alpha value is -1.86. The highest BCUT2D eigenvalue weighted by Crippen LogP contribution is 2.61. The second kappa shape index (κ2) is 8.12. The molecule has 2 N–H and O–H groups in total. The van der Waals surface area contributed by atoms with Crippen molar-refractivity contribution in [3.63, 3.8) is 0 Å². The molecule has 33 heavy (non-hydrogen) atoms. The van der Waals surface area contributed by atoms with Crippen molar-refractivity contribution in [3.8, 4) is 0 Å². The molecular formula is C20H28F2O10S. The van der Waals surface area contributed by atoms with E-state index in [1.165, 1.54) is 13.8 Å². The van der Waals surface area contributed by atoms with E-state index in [9.17, 15) is 36.7 Å². The van der Waals surface area contributed by atoms with Gasteiger partial charge in [0, 0.05) is 17.8 Å². The minimum Gasteiger partial charge on any atom is -0.458 e. The van der Waals surface area contributed by atoms with Crippen LogP contribution in [0.4, 0.5) is 8.78 Å². The average Bonchev–Trinajstić information content (AvgIpc) is 3.28. The molecule has 3 fully saturated rings.